The molecular weight excluding hydrogens is 370 g/mol. The van der Waals surface area contributed by atoms with Gasteiger partial charge in [-0.25, -0.2) is 4.79 Å². The van der Waals surface area contributed by atoms with Gasteiger partial charge in [0.15, 0.2) is 5.11 Å². The minimum absolute atomic E-state index is 0.289. The molecule has 2 N–H and O–H groups in total. The summed E-state index contributed by atoms with van der Waals surface area (Å²) in [5, 5.41) is 4.09. The zero-order valence-corrected chi connectivity index (χ0v) is 18.0. The van der Waals surface area contributed by atoms with E-state index >= 15 is 0 Å². The van der Waals surface area contributed by atoms with Crippen molar-refractivity contribution in [1.82, 2.24) is 4.90 Å². The summed E-state index contributed by atoms with van der Waals surface area (Å²) in [7, 11) is 2.40. The summed E-state index contributed by atoms with van der Waals surface area (Å²) < 4.78 is 5.02. The van der Waals surface area contributed by atoms with E-state index in [0.29, 0.717) is 12.2 Å². The van der Waals surface area contributed by atoms with Crippen LogP contribution in [0.3, 0.4) is 0 Å². The van der Waals surface area contributed by atoms with Crippen molar-refractivity contribution in [2.45, 2.75) is 64.0 Å². The quantitative estimate of drug-likeness (QED) is 0.584. The standard InChI is InChI=1S/C22H33N3O2S/c1-3-27-21(26)17-9-11-18(12-10-17)23-22(28)25-15-13-20(14-16-25)24(2)19-7-5-4-6-8-19/h9-12,19-20H,3-8,13-16H2,1-2H3,(H,23,28)/p+1. The predicted octanol–water partition coefficient (Wildman–Crippen LogP) is 2.87. The number of carbonyl (C=O) groups excluding carboxylic acids is 1. The number of ether oxygens (including phenoxy) is 1. The number of anilines is 1. The number of nitrogens with one attached hydrogen (secondary N) is 2. The number of hydrogen-bond donors (Lipinski definition) is 2. The number of carbonyl (C=O) groups is 1. The van der Waals surface area contributed by atoms with Crippen LogP contribution in [0.2, 0.25) is 0 Å². The van der Waals surface area contributed by atoms with E-state index in [1.165, 1.54) is 44.9 Å². The van der Waals surface area contributed by atoms with Crippen molar-refractivity contribution < 1.29 is 14.4 Å². The fourth-order valence-corrected chi connectivity index (χ4v) is 4.84. The maximum Gasteiger partial charge on any atom is 0.338 e. The van der Waals surface area contributed by atoms with Crippen LogP contribution in [-0.2, 0) is 4.74 Å². The number of esters is 1. The lowest BCUT2D eigenvalue weighted by molar-refractivity contribution is -0.933. The first-order chi connectivity index (χ1) is 13.6. The van der Waals surface area contributed by atoms with Gasteiger partial charge in [-0.2, -0.15) is 0 Å². The number of piperidine rings is 1. The first-order valence-electron chi connectivity index (χ1n) is 10.7. The van der Waals surface area contributed by atoms with Crippen LogP contribution in [-0.4, -0.2) is 54.8 Å². The van der Waals surface area contributed by atoms with Gasteiger partial charge >= 0.3 is 5.97 Å². The molecule has 0 amide bonds. The third-order valence-corrected chi connectivity index (χ3v) is 6.68. The SMILES string of the molecule is CCOC(=O)c1ccc(NC(=S)N2CCC([NH+](C)C3CCCCC3)CC2)cc1. The lowest BCUT2D eigenvalue weighted by Gasteiger charge is -2.39. The molecule has 1 aromatic carbocycles. The van der Waals surface area contributed by atoms with E-state index < -0.39 is 0 Å². The Labute approximate surface area is 174 Å². The van der Waals surface area contributed by atoms with Gasteiger partial charge in [-0.3, -0.25) is 0 Å². The molecule has 0 spiro atoms. The van der Waals surface area contributed by atoms with Gasteiger partial charge in [0.05, 0.1) is 31.3 Å². The molecule has 1 aliphatic carbocycles. The highest BCUT2D eigenvalue weighted by atomic mass is 32.1. The molecule has 1 saturated carbocycles. The highest BCUT2D eigenvalue weighted by molar-refractivity contribution is 7.80. The zero-order chi connectivity index (χ0) is 19.9. The van der Waals surface area contributed by atoms with E-state index in [4.69, 9.17) is 17.0 Å². The summed E-state index contributed by atoms with van der Waals surface area (Å²) in [5.41, 5.74) is 1.47. The average Bonchev–Trinajstić information content (AvgIpc) is 2.74. The molecule has 0 radical (unpaired) electrons. The lowest BCUT2D eigenvalue weighted by atomic mass is 9.92. The number of quaternary nitrogens is 1. The van der Waals surface area contributed by atoms with Crippen LogP contribution in [0.15, 0.2) is 24.3 Å². The van der Waals surface area contributed by atoms with Crippen LogP contribution in [0.25, 0.3) is 0 Å². The number of likely N-dealkylation sites (tertiary alicyclic amines) is 1. The molecular formula is C22H34N3O2S+. The molecule has 28 heavy (non-hydrogen) atoms. The second kappa shape index (κ2) is 10.2. The molecule has 1 unspecified atom stereocenters. The Balaban J connectivity index is 1.46. The molecule has 1 aliphatic heterocycles. The monoisotopic (exact) mass is 404 g/mol. The van der Waals surface area contributed by atoms with Crippen LogP contribution < -0.4 is 10.2 Å². The van der Waals surface area contributed by atoms with Crippen molar-refractivity contribution in [1.29, 1.82) is 0 Å². The number of hydrogen-bond acceptors (Lipinski definition) is 3. The topological polar surface area (TPSA) is 46.0 Å². The Morgan fingerprint density at radius 3 is 2.32 bits per heavy atom. The van der Waals surface area contributed by atoms with E-state index in [0.717, 1.165) is 36.0 Å². The molecule has 1 saturated heterocycles. The maximum absolute atomic E-state index is 11.7. The largest absolute Gasteiger partial charge is 0.462 e. The Morgan fingerprint density at radius 1 is 1.11 bits per heavy atom. The van der Waals surface area contributed by atoms with Crippen molar-refractivity contribution in [3.05, 3.63) is 29.8 Å². The minimum Gasteiger partial charge on any atom is -0.462 e. The van der Waals surface area contributed by atoms with Crippen molar-refractivity contribution in [3.63, 3.8) is 0 Å². The maximum atomic E-state index is 11.7. The van der Waals surface area contributed by atoms with Gasteiger partial charge in [0.2, 0.25) is 0 Å². The predicted molar refractivity (Wildman–Crippen MR) is 117 cm³/mol. The third kappa shape index (κ3) is 5.45. The van der Waals surface area contributed by atoms with Crippen LogP contribution >= 0.6 is 12.2 Å². The molecule has 5 nitrogen and oxygen atoms in total. The Kier molecular flexibility index (Phi) is 7.68. The fraction of sp³-hybridized carbons (Fsp3) is 0.636. The molecule has 154 valence electrons. The molecule has 0 bridgehead atoms. The summed E-state index contributed by atoms with van der Waals surface area (Å²) in [5.74, 6) is -0.289. The Morgan fingerprint density at radius 2 is 1.71 bits per heavy atom. The number of nitrogens with zero attached hydrogens (tertiary/aromatic N) is 1. The Hall–Kier alpha value is -1.66. The lowest BCUT2D eigenvalue weighted by Crippen LogP contribution is -3.17. The number of thiocarbonyl (C=S) groups is 1. The van der Waals surface area contributed by atoms with E-state index in [-0.39, 0.29) is 5.97 Å². The molecule has 0 aromatic heterocycles. The van der Waals surface area contributed by atoms with Crippen molar-refractivity contribution in [3.8, 4) is 0 Å². The van der Waals surface area contributed by atoms with Gasteiger partial charge in [0, 0.05) is 31.6 Å². The Bertz CT molecular complexity index is 650. The summed E-state index contributed by atoms with van der Waals surface area (Å²) in [6.45, 7) is 4.23. The number of rotatable bonds is 5. The molecule has 1 heterocycles. The number of benzene rings is 1. The highest BCUT2D eigenvalue weighted by Gasteiger charge is 2.31. The van der Waals surface area contributed by atoms with Gasteiger partial charge in [0.1, 0.15) is 0 Å². The van der Waals surface area contributed by atoms with Gasteiger partial charge in [-0.15, -0.1) is 0 Å². The minimum atomic E-state index is -0.289. The zero-order valence-electron chi connectivity index (χ0n) is 17.2. The van der Waals surface area contributed by atoms with Crippen molar-refractivity contribution in [2.24, 2.45) is 0 Å². The molecule has 2 fully saturated rings. The fourth-order valence-electron chi connectivity index (χ4n) is 4.54. The van der Waals surface area contributed by atoms with E-state index in [1.807, 2.05) is 19.1 Å². The summed E-state index contributed by atoms with van der Waals surface area (Å²) in [6, 6.07) is 8.92. The average molecular weight is 405 g/mol. The molecule has 2 aliphatic rings. The van der Waals surface area contributed by atoms with Crippen LogP contribution in [0.4, 0.5) is 5.69 Å². The van der Waals surface area contributed by atoms with E-state index in [2.05, 4.69) is 17.3 Å². The van der Waals surface area contributed by atoms with Gasteiger partial charge in [-0.05, 0) is 69.1 Å². The van der Waals surface area contributed by atoms with Gasteiger partial charge in [-0.1, -0.05) is 6.42 Å². The summed E-state index contributed by atoms with van der Waals surface area (Å²) in [4.78, 5) is 15.8. The van der Waals surface area contributed by atoms with Crippen molar-refractivity contribution in [2.75, 3.05) is 32.1 Å². The normalized spacial score (nSPS) is 19.9. The van der Waals surface area contributed by atoms with Crippen molar-refractivity contribution >= 4 is 29.0 Å². The first-order valence-corrected chi connectivity index (χ1v) is 11.2. The first kappa shape index (κ1) is 21.1. The van der Waals surface area contributed by atoms with Crippen LogP contribution in [0, 0.1) is 0 Å². The van der Waals surface area contributed by atoms with E-state index in [9.17, 15) is 4.79 Å². The highest BCUT2D eigenvalue weighted by Crippen LogP contribution is 2.18. The summed E-state index contributed by atoms with van der Waals surface area (Å²) >= 11 is 5.63. The molecule has 1 aromatic rings. The van der Waals surface area contributed by atoms with Gasteiger partial charge < -0.3 is 19.9 Å². The van der Waals surface area contributed by atoms with Crippen LogP contribution in [0.5, 0.6) is 0 Å². The molecule has 6 heteroatoms. The summed E-state index contributed by atoms with van der Waals surface area (Å²) in [6.07, 6.45) is 9.43. The molecule has 3 rings (SSSR count). The molecule has 1 atom stereocenters. The van der Waals surface area contributed by atoms with Gasteiger partial charge in [0.25, 0.3) is 0 Å². The smallest absolute Gasteiger partial charge is 0.338 e. The van der Waals surface area contributed by atoms with Crippen LogP contribution in [0.1, 0.15) is 62.2 Å². The van der Waals surface area contributed by atoms with E-state index in [1.54, 1.807) is 17.0 Å². The second-order valence-electron chi connectivity index (χ2n) is 8.07. The second-order valence-corrected chi connectivity index (χ2v) is 8.45. The third-order valence-electron chi connectivity index (χ3n) is 6.32.